The van der Waals surface area contributed by atoms with Gasteiger partial charge < -0.3 is 5.32 Å². The van der Waals surface area contributed by atoms with Crippen LogP contribution in [0.4, 0.5) is 0 Å². The summed E-state index contributed by atoms with van der Waals surface area (Å²) in [5.41, 5.74) is 0. The van der Waals surface area contributed by atoms with Gasteiger partial charge in [0.05, 0.1) is 6.04 Å². The van der Waals surface area contributed by atoms with Gasteiger partial charge in [-0.3, -0.25) is 4.79 Å². The van der Waals surface area contributed by atoms with Gasteiger partial charge >= 0.3 is 0 Å². The van der Waals surface area contributed by atoms with Gasteiger partial charge in [-0.05, 0) is 38.1 Å². The highest BCUT2D eigenvalue weighted by Crippen LogP contribution is 2.30. The van der Waals surface area contributed by atoms with E-state index in [9.17, 15) is 4.79 Å². The van der Waals surface area contributed by atoms with E-state index in [-0.39, 0.29) is 6.04 Å². The van der Waals surface area contributed by atoms with Crippen molar-refractivity contribution in [1.29, 1.82) is 0 Å². The largest absolute Gasteiger partial charge is 0.307 e. The summed E-state index contributed by atoms with van der Waals surface area (Å²) in [4.78, 5) is 12.1. The molecule has 0 spiro atoms. The average Bonchev–Trinajstić information content (AvgIpc) is 2.69. The van der Waals surface area contributed by atoms with Crippen LogP contribution in [-0.2, 0) is 4.79 Å². The molecule has 1 heterocycles. The minimum absolute atomic E-state index is 0.199. The zero-order chi connectivity index (χ0) is 9.97. The third-order valence-electron chi connectivity index (χ3n) is 3.74. The first-order chi connectivity index (χ1) is 6.77. The Kier molecular flexibility index (Phi) is 3.22. The van der Waals surface area contributed by atoms with Crippen molar-refractivity contribution < 1.29 is 4.79 Å². The van der Waals surface area contributed by atoms with E-state index in [1.807, 2.05) is 0 Å². The molecule has 1 aliphatic carbocycles. The second kappa shape index (κ2) is 4.43. The molecule has 1 aliphatic heterocycles. The van der Waals surface area contributed by atoms with Crippen LogP contribution in [-0.4, -0.2) is 18.4 Å². The van der Waals surface area contributed by atoms with Crippen LogP contribution in [0.25, 0.3) is 0 Å². The van der Waals surface area contributed by atoms with Crippen molar-refractivity contribution in [3.05, 3.63) is 0 Å². The lowest BCUT2D eigenvalue weighted by molar-refractivity contribution is -0.126. The third-order valence-corrected chi connectivity index (χ3v) is 3.74. The molecule has 0 aromatic rings. The van der Waals surface area contributed by atoms with E-state index < -0.39 is 0 Å². The lowest BCUT2D eigenvalue weighted by atomic mass is 9.78. The second-order valence-electron chi connectivity index (χ2n) is 5.02. The quantitative estimate of drug-likeness (QED) is 0.731. The van der Waals surface area contributed by atoms with Gasteiger partial charge in [0.2, 0.25) is 0 Å². The van der Waals surface area contributed by atoms with E-state index in [0.29, 0.717) is 11.7 Å². The molecule has 2 nitrogen and oxygen atoms in total. The summed E-state index contributed by atoms with van der Waals surface area (Å²) in [5, 5.41) is 3.32. The molecule has 0 bridgehead atoms. The van der Waals surface area contributed by atoms with Crippen molar-refractivity contribution in [2.45, 2.75) is 51.5 Å². The summed E-state index contributed by atoms with van der Waals surface area (Å²) in [7, 11) is 0. The number of nitrogens with one attached hydrogen (secondary N) is 1. The Morgan fingerprint density at radius 3 is 2.71 bits per heavy atom. The van der Waals surface area contributed by atoms with Gasteiger partial charge in [-0.15, -0.1) is 0 Å². The van der Waals surface area contributed by atoms with Crippen molar-refractivity contribution in [1.82, 2.24) is 5.32 Å². The van der Waals surface area contributed by atoms with E-state index in [1.54, 1.807) is 0 Å². The molecule has 80 valence electrons. The molecule has 2 heteroatoms. The lowest BCUT2D eigenvalue weighted by Gasteiger charge is -2.27. The minimum atomic E-state index is 0.199. The van der Waals surface area contributed by atoms with Gasteiger partial charge in [0.1, 0.15) is 0 Å². The number of hydrogen-bond acceptors (Lipinski definition) is 2. The van der Waals surface area contributed by atoms with Crippen LogP contribution in [0.2, 0.25) is 0 Å². The molecular formula is C12H21NO. The predicted molar refractivity (Wildman–Crippen MR) is 57.2 cm³/mol. The average molecular weight is 195 g/mol. The monoisotopic (exact) mass is 195 g/mol. The first kappa shape index (κ1) is 10.2. The number of Topliss-reactive ketones (excluding diaryl/α,β-unsaturated/α-hetero) is 1. The predicted octanol–water partition coefficient (Wildman–Crippen LogP) is 2.13. The van der Waals surface area contributed by atoms with Crippen molar-refractivity contribution in [3.8, 4) is 0 Å². The number of rotatable bonds is 2. The Morgan fingerprint density at radius 2 is 2.07 bits per heavy atom. The standard InChI is InChI=1S/C12H21NO/c1-9-4-2-5-10(8-9)12(14)11-6-3-7-13-11/h9-11,13H,2-8H2,1H3/t9?,10?,11-/m0/s1. The topological polar surface area (TPSA) is 29.1 Å². The van der Waals surface area contributed by atoms with E-state index in [1.165, 1.54) is 19.3 Å². The first-order valence-electron chi connectivity index (χ1n) is 6.04. The molecule has 2 aliphatic rings. The van der Waals surface area contributed by atoms with E-state index >= 15 is 0 Å². The molecule has 3 atom stereocenters. The first-order valence-corrected chi connectivity index (χ1v) is 6.04. The molecule has 1 saturated heterocycles. The maximum Gasteiger partial charge on any atom is 0.152 e. The number of hydrogen-bond donors (Lipinski definition) is 1. The second-order valence-corrected chi connectivity index (χ2v) is 5.02. The van der Waals surface area contributed by atoms with Gasteiger partial charge in [0.15, 0.2) is 5.78 Å². The van der Waals surface area contributed by atoms with E-state index in [0.717, 1.165) is 31.7 Å². The Labute approximate surface area is 86.5 Å². The molecule has 2 rings (SSSR count). The molecular weight excluding hydrogens is 174 g/mol. The summed E-state index contributed by atoms with van der Waals surface area (Å²) < 4.78 is 0. The van der Waals surface area contributed by atoms with E-state index in [4.69, 9.17) is 0 Å². The molecule has 14 heavy (non-hydrogen) atoms. The number of carbonyl (C=O) groups excluding carboxylic acids is 1. The van der Waals surface area contributed by atoms with Crippen molar-refractivity contribution in [3.63, 3.8) is 0 Å². The molecule has 0 aromatic heterocycles. The van der Waals surface area contributed by atoms with Crippen molar-refractivity contribution >= 4 is 5.78 Å². The fourth-order valence-electron chi connectivity index (χ4n) is 2.90. The van der Waals surface area contributed by atoms with Crippen molar-refractivity contribution in [2.24, 2.45) is 11.8 Å². The number of carbonyl (C=O) groups is 1. The molecule has 1 N–H and O–H groups in total. The van der Waals surface area contributed by atoms with Crippen molar-refractivity contribution in [2.75, 3.05) is 6.54 Å². The zero-order valence-corrected chi connectivity index (χ0v) is 9.09. The Bertz CT molecular complexity index is 208. The lowest BCUT2D eigenvalue weighted by Crippen LogP contribution is -2.37. The minimum Gasteiger partial charge on any atom is -0.307 e. The highest BCUT2D eigenvalue weighted by Gasteiger charge is 2.31. The SMILES string of the molecule is CC1CCCC(C(=O)[C@@H]2CCCN2)C1. The highest BCUT2D eigenvalue weighted by atomic mass is 16.1. The van der Waals surface area contributed by atoms with Crippen LogP contribution < -0.4 is 5.32 Å². The molecule has 2 fully saturated rings. The Morgan fingerprint density at radius 1 is 1.21 bits per heavy atom. The maximum absolute atomic E-state index is 12.1. The van der Waals surface area contributed by atoms with Gasteiger partial charge in [0, 0.05) is 5.92 Å². The van der Waals surface area contributed by atoms with Crippen LogP contribution in [0.3, 0.4) is 0 Å². The molecule has 0 amide bonds. The molecule has 0 radical (unpaired) electrons. The van der Waals surface area contributed by atoms with Crippen LogP contribution in [0.5, 0.6) is 0 Å². The summed E-state index contributed by atoms with van der Waals surface area (Å²) in [5.74, 6) is 1.64. The molecule has 2 unspecified atom stereocenters. The fraction of sp³-hybridized carbons (Fsp3) is 0.917. The van der Waals surface area contributed by atoms with Gasteiger partial charge in [-0.25, -0.2) is 0 Å². The van der Waals surface area contributed by atoms with Crippen LogP contribution >= 0.6 is 0 Å². The molecule has 1 saturated carbocycles. The summed E-state index contributed by atoms with van der Waals surface area (Å²) in [6, 6.07) is 0.199. The van der Waals surface area contributed by atoms with Gasteiger partial charge in [-0.1, -0.05) is 19.8 Å². The van der Waals surface area contributed by atoms with Gasteiger partial charge in [-0.2, -0.15) is 0 Å². The normalized spacial score (nSPS) is 38.5. The smallest absolute Gasteiger partial charge is 0.152 e. The molecule has 0 aromatic carbocycles. The van der Waals surface area contributed by atoms with Crippen LogP contribution in [0, 0.1) is 11.8 Å². The maximum atomic E-state index is 12.1. The zero-order valence-electron chi connectivity index (χ0n) is 9.09. The van der Waals surface area contributed by atoms with Crippen LogP contribution in [0.15, 0.2) is 0 Å². The van der Waals surface area contributed by atoms with Crippen LogP contribution in [0.1, 0.15) is 45.4 Å². The Balaban J connectivity index is 1.89. The fourth-order valence-corrected chi connectivity index (χ4v) is 2.90. The number of ketones is 1. The Hall–Kier alpha value is -0.370. The van der Waals surface area contributed by atoms with E-state index in [2.05, 4.69) is 12.2 Å². The summed E-state index contributed by atoms with van der Waals surface area (Å²) in [6.07, 6.45) is 7.10. The third kappa shape index (κ3) is 2.17. The highest BCUT2D eigenvalue weighted by molar-refractivity contribution is 5.86. The summed E-state index contributed by atoms with van der Waals surface area (Å²) >= 11 is 0. The summed E-state index contributed by atoms with van der Waals surface area (Å²) in [6.45, 7) is 3.32. The van der Waals surface area contributed by atoms with Gasteiger partial charge in [0.25, 0.3) is 0 Å².